The van der Waals surface area contributed by atoms with Crippen LogP contribution in [0.4, 0.5) is 0 Å². The van der Waals surface area contributed by atoms with Gasteiger partial charge in [0.2, 0.25) is 0 Å². The lowest BCUT2D eigenvalue weighted by Gasteiger charge is -2.50. The number of cyclic esters (lactones) is 1. The van der Waals surface area contributed by atoms with Gasteiger partial charge >= 0.3 is 11.9 Å². The van der Waals surface area contributed by atoms with Crippen molar-refractivity contribution in [1.82, 2.24) is 4.90 Å². The van der Waals surface area contributed by atoms with E-state index in [1.54, 1.807) is 20.8 Å². The molecular weight excluding hydrogens is 768 g/mol. The Morgan fingerprint density at radius 3 is 2.20 bits per heavy atom. The van der Waals surface area contributed by atoms with Crippen LogP contribution in [0.1, 0.15) is 109 Å². The lowest BCUT2D eigenvalue weighted by Crippen LogP contribution is -2.62. The summed E-state index contributed by atoms with van der Waals surface area (Å²) in [5.74, 6) is -4.07. The number of carbonyl (C=O) groups is 2. The number of esters is 2. The van der Waals surface area contributed by atoms with Crippen LogP contribution < -0.4 is 0 Å². The molecule has 16 nitrogen and oxygen atoms in total. The van der Waals surface area contributed by atoms with Crippen molar-refractivity contribution in [2.24, 2.45) is 34.7 Å². The minimum absolute atomic E-state index is 0.136. The minimum atomic E-state index is -1.73. The summed E-state index contributed by atoms with van der Waals surface area (Å²) in [4.78, 5) is 28.7. The molecule has 16 heteroatoms. The smallest absolute Gasteiger partial charge is 0.311 e. The first kappa shape index (κ1) is 49.7. The van der Waals surface area contributed by atoms with Crippen LogP contribution in [0.25, 0.3) is 0 Å². The number of methoxy groups -OCH3 is 1. The molecule has 19 atom stereocenters. The molecule has 0 aliphatic carbocycles. The summed E-state index contributed by atoms with van der Waals surface area (Å²) in [6.45, 7) is 22.0. The van der Waals surface area contributed by atoms with Gasteiger partial charge in [-0.1, -0.05) is 39.8 Å². The van der Waals surface area contributed by atoms with E-state index in [1.807, 2.05) is 74.4 Å². The van der Waals surface area contributed by atoms with E-state index in [9.17, 15) is 25.0 Å². The molecule has 3 unspecified atom stereocenters. The molecule has 0 aromatic rings. The standard InChI is InChI=1S/C43H76N2O14/c1-16-31-43(12,49)37-25(5)33(44-50)23(3)18-42(11,53-21-22(2)20-52-37)36(59-40-34(47)30(45(13)14)17-24(4)54-40)26(6)35(27(7)39(48)57-31)58-32-19-41(10,51-15)38(28(8)55-32)56-29(9)46/h22-28,30-32,34-38,40,47,49-50H,16-21H2,1-15H3/b44-33+/t22?,23-,24-,25+,26+,27?,28+,30+,31-,32+,34-,35?,36-,37+,38+,40+,41-,42-,43-/m1/s1. The molecule has 2 bridgehead atoms. The first-order chi connectivity index (χ1) is 27.4. The van der Waals surface area contributed by atoms with Crippen LogP contribution >= 0.6 is 0 Å². The normalized spacial score (nSPS) is 47.8. The van der Waals surface area contributed by atoms with Gasteiger partial charge < -0.3 is 63.0 Å². The summed E-state index contributed by atoms with van der Waals surface area (Å²) in [5, 5.41) is 38.7. The van der Waals surface area contributed by atoms with Gasteiger partial charge in [0.05, 0.1) is 61.0 Å². The van der Waals surface area contributed by atoms with Crippen LogP contribution in [0.15, 0.2) is 5.16 Å². The number of oxime groups is 1. The number of aliphatic hydroxyl groups excluding tert-OH is 1. The molecule has 59 heavy (non-hydrogen) atoms. The molecule has 0 amide bonds. The van der Waals surface area contributed by atoms with E-state index in [0.29, 0.717) is 12.1 Å². The molecule has 0 aromatic heterocycles. The molecule has 4 heterocycles. The summed E-state index contributed by atoms with van der Waals surface area (Å²) in [6.07, 6.45) is -7.47. The first-order valence-electron chi connectivity index (χ1n) is 21.5. The van der Waals surface area contributed by atoms with Gasteiger partial charge in [-0.25, -0.2) is 0 Å². The molecule has 0 aromatic carbocycles. The SMILES string of the molecule is CC[C@H]1OC(=O)C(C)C(O[C@H]2C[C@@](C)(OC)[C@@H](OC(C)=O)[C@H](C)O2)[C@H](C)[C@@H](O[C@@H]2O[C@H](C)C[C@H](N(C)C)[C@H]2O)[C@@]2(C)C[C@@H](C)/C(=N\O)[C@H](C)[C@H](OCC(C)CO2)[C@]1(C)O. The number of rotatable bonds is 8. The fourth-order valence-corrected chi connectivity index (χ4v) is 10.1. The lowest BCUT2D eigenvalue weighted by atomic mass is 9.73. The van der Waals surface area contributed by atoms with Crippen molar-refractivity contribution in [3.63, 3.8) is 0 Å². The quantitative estimate of drug-likeness (QED) is 0.178. The van der Waals surface area contributed by atoms with E-state index in [-0.39, 0.29) is 50.5 Å². The molecule has 342 valence electrons. The zero-order chi connectivity index (χ0) is 44.4. The molecular formula is C43H76N2O14. The number of fused-ring (bicyclic) bond motifs is 5. The number of aliphatic hydroxyl groups is 2. The second-order valence-electron chi connectivity index (χ2n) is 18.9. The second-order valence-corrected chi connectivity index (χ2v) is 18.9. The van der Waals surface area contributed by atoms with Gasteiger partial charge in [-0.15, -0.1) is 0 Å². The summed E-state index contributed by atoms with van der Waals surface area (Å²) >= 11 is 0. The van der Waals surface area contributed by atoms with Gasteiger partial charge in [-0.2, -0.15) is 0 Å². The van der Waals surface area contributed by atoms with E-state index in [0.717, 1.165) is 0 Å². The maximum absolute atomic E-state index is 14.6. The zero-order valence-corrected chi connectivity index (χ0v) is 38.2. The molecule has 0 radical (unpaired) electrons. The van der Waals surface area contributed by atoms with Crippen molar-refractivity contribution in [1.29, 1.82) is 0 Å². The Hall–Kier alpha value is -1.99. The molecule has 4 aliphatic rings. The molecule has 4 saturated heterocycles. The van der Waals surface area contributed by atoms with Gasteiger partial charge in [0, 0.05) is 50.2 Å². The third-order valence-electron chi connectivity index (χ3n) is 13.4. The van der Waals surface area contributed by atoms with Crippen molar-refractivity contribution in [3.8, 4) is 0 Å². The Morgan fingerprint density at radius 2 is 1.63 bits per heavy atom. The molecule has 0 saturated carbocycles. The molecule has 0 spiro atoms. The van der Waals surface area contributed by atoms with Crippen LogP contribution in [0.5, 0.6) is 0 Å². The van der Waals surface area contributed by atoms with Crippen LogP contribution in [0.2, 0.25) is 0 Å². The molecule has 4 fully saturated rings. The Bertz CT molecular complexity index is 1430. The van der Waals surface area contributed by atoms with Crippen LogP contribution in [0, 0.1) is 29.6 Å². The average molecular weight is 845 g/mol. The maximum atomic E-state index is 14.6. The number of hydrogen-bond acceptors (Lipinski definition) is 16. The Morgan fingerprint density at radius 1 is 0.966 bits per heavy atom. The number of nitrogens with zero attached hydrogens (tertiary/aromatic N) is 2. The van der Waals surface area contributed by atoms with Crippen molar-refractivity contribution in [2.75, 3.05) is 34.4 Å². The zero-order valence-electron chi connectivity index (χ0n) is 38.2. The van der Waals surface area contributed by atoms with Crippen molar-refractivity contribution in [3.05, 3.63) is 0 Å². The van der Waals surface area contributed by atoms with Crippen LogP contribution in [-0.4, -0.2) is 157 Å². The highest BCUT2D eigenvalue weighted by atomic mass is 16.7. The number of ether oxygens (including phenoxy) is 9. The predicted octanol–water partition coefficient (Wildman–Crippen LogP) is 4.32. The fourth-order valence-electron chi connectivity index (χ4n) is 10.1. The number of carbonyl (C=O) groups excluding carboxylic acids is 2. The summed E-state index contributed by atoms with van der Waals surface area (Å²) in [5.41, 5.74) is -3.58. The van der Waals surface area contributed by atoms with E-state index in [2.05, 4.69) is 5.16 Å². The van der Waals surface area contributed by atoms with Crippen molar-refractivity contribution >= 4 is 17.7 Å². The first-order valence-corrected chi connectivity index (χ1v) is 21.5. The lowest BCUT2D eigenvalue weighted by molar-refractivity contribution is -0.321. The highest BCUT2D eigenvalue weighted by Gasteiger charge is 2.55. The Kier molecular flexibility index (Phi) is 16.9. The summed E-state index contributed by atoms with van der Waals surface area (Å²) in [7, 11) is 5.34. The summed E-state index contributed by atoms with van der Waals surface area (Å²) in [6, 6.07) is -0.283. The molecule has 4 aliphatic heterocycles. The van der Waals surface area contributed by atoms with Gasteiger partial charge in [-0.3, -0.25) is 9.59 Å². The maximum Gasteiger partial charge on any atom is 0.311 e. The van der Waals surface area contributed by atoms with Crippen molar-refractivity contribution < 1.29 is 67.6 Å². The van der Waals surface area contributed by atoms with Gasteiger partial charge in [0.25, 0.3) is 0 Å². The van der Waals surface area contributed by atoms with Crippen LogP contribution in [-0.2, 0) is 52.2 Å². The third kappa shape index (κ3) is 11.0. The number of hydrogen-bond donors (Lipinski definition) is 3. The van der Waals surface area contributed by atoms with E-state index >= 15 is 0 Å². The molecule has 4 rings (SSSR count). The molecule has 3 N–H and O–H groups in total. The average Bonchev–Trinajstić information content (AvgIpc) is 3.16. The van der Waals surface area contributed by atoms with Crippen molar-refractivity contribution in [2.45, 2.75) is 193 Å². The fraction of sp³-hybridized carbons (Fsp3) is 0.930. The second kappa shape index (κ2) is 20.0. The van der Waals surface area contributed by atoms with Gasteiger partial charge in [-0.05, 0) is 74.9 Å². The van der Waals surface area contributed by atoms with E-state index in [4.69, 9.17) is 42.6 Å². The monoisotopic (exact) mass is 845 g/mol. The summed E-state index contributed by atoms with van der Waals surface area (Å²) < 4.78 is 58.2. The highest BCUT2D eigenvalue weighted by molar-refractivity contribution is 5.88. The van der Waals surface area contributed by atoms with E-state index in [1.165, 1.54) is 14.0 Å². The van der Waals surface area contributed by atoms with Gasteiger partial charge in [0.1, 0.15) is 23.4 Å². The Balaban J connectivity index is 1.95. The number of likely N-dealkylation sites (N-methyl/N-ethyl adjacent to an activating group) is 1. The van der Waals surface area contributed by atoms with Crippen LogP contribution in [0.3, 0.4) is 0 Å². The highest BCUT2D eigenvalue weighted by Crippen LogP contribution is 2.43. The Labute approximate surface area is 351 Å². The topological polar surface area (TPSA) is 193 Å². The predicted molar refractivity (Wildman–Crippen MR) is 217 cm³/mol. The van der Waals surface area contributed by atoms with E-state index < -0.39 is 108 Å². The third-order valence-corrected chi connectivity index (χ3v) is 13.4. The van der Waals surface area contributed by atoms with Gasteiger partial charge in [0.15, 0.2) is 18.7 Å². The largest absolute Gasteiger partial charge is 0.459 e. The minimum Gasteiger partial charge on any atom is -0.459 e.